The number of nitrogens with two attached hydrogens (primary N) is 1. The normalized spacial score (nSPS) is 15.4. The maximum atomic E-state index is 12.3. The predicted octanol–water partition coefficient (Wildman–Crippen LogP) is 0.923. The van der Waals surface area contributed by atoms with Gasteiger partial charge in [-0.25, -0.2) is 9.59 Å². The molecule has 2 atom stereocenters. The Morgan fingerprint density at radius 1 is 1.12 bits per heavy atom. The predicted molar refractivity (Wildman–Crippen MR) is 124 cm³/mol. The molecule has 178 valence electrons. The van der Waals surface area contributed by atoms with Gasteiger partial charge in [-0.2, -0.15) is 0 Å². The molecule has 0 fully saturated rings. The number of nitrogen functional groups attached to an aromatic ring is 1. The van der Waals surface area contributed by atoms with Crippen molar-refractivity contribution >= 4 is 29.5 Å². The number of amidine groups is 1. The third-order valence-electron chi connectivity index (χ3n) is 5.08. The van der Waals surface area contributed by atoms with Gasteiger partial charge >= 0.3 is 12.0 Å². The first kappa shape index (κ1) is 24.2. The second-order valence-corrected chi connectivity index (χ2v) is 7.67. The zero-order valence-electron chi connectivity index (χ0n) is 18.3. The number of hydrogen-bond donors (Lipinski definition) is 6. The van der Waals surface area contributed by atoms with Crippen LogP contribution in [0, 0.1) is 5.41 Å². The first-order valence-electron chi connectivity index (χ1n) is 10.6. The van der Waals surface area contributed by atoms with Crippen LogP contribution in [-0.4, -0.2) is 53.3 Å². The molecule has 2 aromatic rings. The van der Waals surface area contributed by atoms with Crippen LogP contribution in [0.5, 0.6) is 0 Å². The van der Waals surface area contributed by atoms with Crippen molar-refractivity contribution in [1.29, 1.82) is 5.41 Å². The third kappa shape index (κ3) is 7.05. The SMILES string of the molecule is N=C(N)c1ccc(C2=NOC(CC(=O)NC[C@H](NC(=O)NCc3ccccc3)C(=O)O)C2)cc1. The van der Waals surface area contributed by atoms with Crippen molar-refractivity contribution < 1.29 is 24.3 Å². The number of carbonyl (C=O) groups excluding carboxylic acids is 2. The average molecular weight is 466 g/mol. The topological polar surface area (TPSA) is 179 Å². The van der Waals surface area contributed by atoms with Gasteiger partial charge in [-0.05, 0) is 11.1 Å². The van der Waals surface area contributed by atoms with E-state index in [0.29, 0.717) is 17.7 Å². The van der Waals surface area contributed by atoms with Crippen LogP contribution in [-0.2, 0) is 21.0 Å². The Labute approximate surface area is 195 Å². The summed E-state index contributed by atoms with van der Waals surface area (Å²) in [6, 6.07) is 14.2. The number of benzene rings is 2. The molecule has 34 heavy (non-hydrogen) atoms. The standard InChI is InChI=1S/C23H26N6O5/c24-21(25)16-8-6-15(7-9-16)18-10-17(34-29-18)11-20(30)26-13-19(22(31)32)28-23(33)27-12-14-4-2-1-3-5-14/h1-9,17,19H,10-13H2,(H3,24,25)(H,26,30)(H,31,32)(H2,27,28,33)/t17?,19-/m0/s1. The van der Waals surface area contributed by atoms with E-state index in [1.54, 1.807) is 24.3 Å². The van der Waals surface area contributed by atoms with E-state index in [4.69, 9.17) is 16.0 Å². The number of oxime groups is 1. The summed E-state index contributed by atoms with van der Waals surface area (Å²) < 4.78 is 0. The number of nitrogens with one attached hydrogen (secondary N) is 4. The Balaban J connectivity index is 1.41. The van der Waals surface area contributed by atoms with Crippen LogP contribution in [0.15, 0.2) is 59.8 Å². The molecule has 1 heterocycles. The molecule has 11 nitrogen and oxygen atoms in total. The van der Waals surface area contributed by atoms with E-state index in [2.05, 4.69) is 21.1 Å². The molecule has 2 aromatic carbocycles. The van der Waals surface area contributed by atoms with Crippen molar-refractivity contribution in [3.63, 3.8) is 0 Å². The molecule has 0 radical (unpaired) electrons. The van der Waals surface area contributed by atoms with Gasteiger partial charge in [0.2, 0.25) is 5.91 Å². The summed E-state index contributed by atoms with van der Waals surface area (Å²) >= 11 is 0. The van der Waals surface area contributed by atoms with Crippen molar-refractivity contribution in [3.05, 3.63) is 71.3 Å². The van der Waals surface area contributed by atoms with Crippen LogP contribution in [0.1, 0.15) is 29.5 Å². The van der Waals surface area contributed by atoms with Gasteiger partial charge in [0.1, 0.15) is 18.0 Å². The first-order valence-corrected chi connectivity index (χ1v) is 10.6. The highest BCUT2D eigenvalue weighted by Crippen LogP contribution is 2.19. The molecular weight excluding hydrogens is 440 g/mol. The lowest BCUT2D eigenvalue weighted by Gasteiger charge is -2.16. The number of hydrogen-bond acceptors (Lipinski definition) is 6. The van der Waals surface area contributed by atoms with Gasteiger partial charge in [0.25, 0.3) is 0 Å². The van der Waals surface area contributed by atoms with Crippen molar-refractivity contribution in [2.24, 2.45) is 10.9 Å². The van der Waals surface area contributed by atoms with E-state index in [9.17, 15) is 19.5 Å². The fraction of sp³-hybridized carbons (Fsp3) is 0.261. The number of amides is 3. The summed E-state index contributed by atoms with van der Waals surface area (Å²) in [4.78, 5) is 41.1. The molecule has 11 heteroatoms. The fourth-order valence-corrected chi connectivity index (χ4v) is 3.23. The minimum atomic E-state index is -1.30. The van der Waals surface area contributed by atoms with Gasteiger partial charge in [0.15, 0.2) is 0 Å². The zero-order valence-corrected chi connectivity index (χ0v) is 18.3. The van der Waals surface area contributed by atoms with E-state index in [0.717, 1.165) is 11.1 Å². The number of carbonyl (C=O) groups is 3. The first-order chi connectivity index (χ1) is 16.3. The van der Waals surface area contributed by atoms with E-state index in [1.807, 2.05) is 30.3 Å². The van der Waals surface area contributed by atoms with Crippen molar-refractivity contribution in [1.82, 2.24) is 16.0 Å². The molecular formula is C23H26N6O5. The van der Waals surface area contributed by atoms with Gasteiger partial charge < -0.3 is 31.6 Å². The molecule has 1 unspecified atom stereocenters. The van der Waals surface area contributed by atoms with Crippen LogP contribution in [0.3, 0.4) is 0 Å². The summed E-state index contributed by atoms with van der Waals surface area (Å²) in [6.45, 7) is -0.0376. The van der Waals surface area contributed by atoms with Gasteiger partial charge in [-0.3, -0.25) is 10.2 Å². The number of nitrogens with zero attached hydrogens (tertiary/aromatic N) is 1. The van der Waals surface area contributed by atoms with E-state index >= 15 is 0 Å². The van der Waals surface area contributed by atoms with Crippen LogP contribution >= 0.6 is 0 Å². The highest BCUT2D eigenvalue weighted by Gasteiger charge is 2.26. The molecule has 0 saturated heterocycles. The molecule has 0 saturated carbocycles. The van der Waals surface area contributed by atoms with E-state index < -0.39 is 30.1 Å². The van der Waals surface area contributed by atoms with Gasteiger partial charge in [0, 0.05) is 25.1 Å². The number of rotatable bonds is 10. The molecule has 3 rings (SSSR count). The summed E-state index contributed by atoms with van der Waals surface area (Å²) in [6.07, 6.45) is -0.117. The third-order valence-corrected chi connectivity index (χ3v) is 5.08. The molecule has 0 aliphatic carbocycles. The number of carboxylic acid groups (broad SMARTS) is 1. The van der Waals surface area contributed by atoms with Crippen molar-refractivity contribution in [2.75, 3.05) is 6.54 Å². The second-order valence-electron chi connectivity index (χ2n) is 7.67. The Morgan fingerprint density at radius 3 is 2.47 bits per heavy atom. The maximum absolute atomic E-state index is 12.3. The smallest absolute Gasteiger partial charge is 0.328 e. The Kier molecular flexibility index (Phi) is 8.16. The van der Waals surface area contributed by atoms with Crippen LogP contribution in [0.4, 0.5) is 4.79 Å². The zero-order chi connectivity index (χ0) is 24.5. The van der Waals surface area contributed by atoms with E-state index in [1.165, 1.54) is 0 Å². The van der Waals surface area contributed by atoms with Gasteiger partial charge in [-0.1, -0.05) is 59.8 Å². The maximum Gasteiger partial charge on any atom is 0.328 e. The van der Waals surface area contributed by atoms with Crippen LogP contribution in [0.25, 0.3) is 0 Å². The van der Waals surface area contributed by atoms with Crippen LogP contribution in [0.2, 0.25) is 0 Å². The Hall–Kier alpha value is -4.41. The number of carboxylic acids is 1. The molecule has 7 N–H and O–H groups in total. The fourth-order valence-electron chi connectivity index (χ4n) is 3.23. The molecule has 1 aliphatic rings. The summed E-state index contributed by atoms with van der Waals surface area (Å²) in [7, 11) is 0. The summed E-state index contributed by atoms with van der Waals surface area (Å²) in [5.74, 6) is -1.73. The van der Waals surface area contributed by atoms with Crippen molar-refractivity contribution in [2.45, 2.75) is 31.5 Å². The lowest BCUT2D eigenvalue weighted by molar-refractivity contribution is -0.139. The lowest BCUT2D eigenvalue weighted by Crippen LogP contribution is -2.51. The van der Waals surface area contributed by atoms with Gasteiger partial charge in [-0.15, -0.1) is 0 Å². The molecule has 0 aromatic heterocycles. The molecule has 0 bridgehead atoms. The minimum Gasteiger partial charge on any atom is -0.480 e. The minimum absolute atomic E-state index is 0.0227. The molecule has 0 spiro atoms. The van der Waals surface area contributed by atoms with Gasteiger partial charge in [0.05, 0.1) is 12.1 Å². The Morgan fingerprint density at radius 2 is 1.82 bits per heavy atom. The van der Waals surface area contributed by atoms with Crippen LogP contribution < -0.4 is 21.7 Å². The average Bonchev–Trinajstić information content (AvgIpc) is 3.29. The number of aliphatic carboxylic acids is 1. The highest BCUT2D eigenvalue weighted by atomic mass is 16.6. The molecule has 3 amide bonds. The quantitative estimate of drug-likeness (QED) is 0.224. The van der Waals surface area contributed by atoms with E-state index in [-0.39, 0.29) is 25.3 Å². The second kappa shape index (κ2) is 11.5. The largest absolute Gasteiger partial charge is 0.480 e. The van der Waals surface area contributed by atoms with Crippen molar-refractivity contribution in [3.8, 4) is 0 Å². The lowest BCUT2D eigenvalue weighted by atomic mass is 10.0. The Bertz CT molecular complexity index is 1070. The summed E-state index contributed by atoms with van der Waals surface area (Å²) in [5.41, 5.74) is 8.36. The number of urea groups is 1. The monoisotopic (exact) mass is 466 g/mol. The summed E-state index contributed by atoms with van der Waals surface area (Å²) in [5, 5.41) is 28.2. The highest BCUT2D eigenvalue weighted by molar-refractivity contribution is 6.02. The molecule has 1 aliphatic heterocycles.